The molecule has 0 saturated heterocycles. The van der Waals surface area contributed by atoms with Crippen molar-refractivity contribution in [3.63, 3.8) is 0 Å². The molecule has 0 spiro atoms. The molecule has 1 aliphatic rings. The van der Waals surface area contributed by atoms with E-state index in [9.17, 15) is 9.59 Å². The zero-order valence-electron chi connectivity index (χ0n) is 14.8. The second-order valence-corrected chi connectivity index (χ2v) is 7.00. The normalized spacial score (nSPS) is 15.0. The first-order valence-corrected chi connectivity index (χ1v) is 9.09. The van der Waals surface area contributed by atoms with E-state index in [-0.39, 0.29) is 11.6 Å². The topological polar surface area (TPSA) is 70.1 Å². The molecule has 0 radical (unpaired) electrons. The Labute approximate surface area is 161 Å². The number of benzene rings is 2. The molecule has 2 N–H and O–H groups in total. The summed E-state index contributed by atoms with van der Waals surface area (Å²) in [5.74, 6) is 0.530. The summed E-state index contributed by atoms with van der Waals surface area (Å²) >= 11 is 5.95. The summed E-state index contributed by atoms with van der Waals surface area (Å²) in [7, 11) is 0. The van der Waals surface area contributed by atoms with Crippen molar-refractivity contribution < 1.29 is 0 Å². The molecule has 3 aromatic rings. The molecule has 0 amide bonds. The average molecular weight is 383 g/mol. The first-order chi connectivity index (χ1) is 13.0. The SMILES string of the molecule is C[C@@H](c1ccccc1)N1CNc2c(c(=O)[nH]c(=O)n2-c2ccc(Cl)cc2)C1. The van der Waals surface area contributed by atoms with Gasteiger partial charge in [-0.25, -0.2) is 9.36 Å². The molecule has 27 heavy (non-hydrogen) atoms. The lowest BCUT2D eigenvalue weighted by Gasteiger charge is -2.35. The summed E-state index contributed by atoms with van der Waals surface area (Å²) < 4.78 is 1.48. The van der Waals surface area contributed by atoms with Gasteiger partial charge in [0.15, 0.2) is 0 Å². The van der Waals surface area contributed by atoms with Gasteiger partial charge in [-0.05, 0) is 36.8 Å². The third-order valence-electron chi connectivity index (χ3n) is 4.93. The van der Waals surface area contributed by atoms with E-state index in [1.807, 2.05) is 18.2 Å². The fourth-order valence-electron chi connectivity index (χ4n) is 3.39. The van der Waals surface area contributed by atoms with E-state index in [1.54, 1.807) is 24.3 Å². The summed E-state index contributed by atoms with van der Waals surface area (Å²) in [6.07, 6.45) is 0. The number of nitrogens with zero attached hydrogens (tertiary/aromatic N) is 2. The van der Waals surface area contributed by atoms with Gasteiger partial charge in [0.1, 0.15) is 5.82 Å². The van der Waals surface area contributed by atoms with E-state index in [0.29, 0.717) is 35.3 Å². The molecule has 2 aromatic carbocycles. The Morgan fingerprint density at radius 3 is 2.44 bits per heavy atom. The Morgan fingerprint density at radius 1 is 1.04 bits per heavy atom. The average Bonchev–Trinajstić information content (AvgIpc) is 2.69. The molecular weight excluding hydrogens is 364 g/mol. The number of hydrogen-bond donors (Lipinski definition) is 2. The van der Waals surface area contributed by atoms with Crippen LogP contribution in [0.15, 0.2) is 64.2 Å². The van der Waals surface area contributed by atoms with Gasteiger partial charge in [-0.15, -0.1) is 0 Å². The Hall–Kier alpha value is -2.83. The first-order valence-electron chi connectivity index (χ1n) is 8.71. The molecular formula is C20H19ClN4O2. The minimum atomic E-state index is -0.474. The fraction of sp³-hybridized carbons (Fsp3) is 0.200. The van der Waals surface area contributed by atoms with Crippen molar-refractivity contribution in [2.24, 2.45) is 0 Å². The quantitative estimate of drug-likeness (QED) is 0.730. The van der Waals surface area contributed by atoms with Gasteiger partial charge < -0.3 is 5.32 Å². The van der Waals surface area contributed by atoms with Gasteiger partial charge in [0.2, 0.25) is 0 Å². The highest BCUT2D eigenvalue weighted by molar-refractivity contribution is 6.30. The van der Waals surface area contributed by atoms with E-state index in [1.165, 1.54) is 10.1 Å². The highest BCUT2D eigenvalue weighted by Gasteiger charge is 2.26. The molecule has 0 aliphatic carbocycles. The highest BCUT2D eigenvalue weighted by atomic mass is 35.5. The molecule has 0 saturated carbocycles. The molecule has 4 rings (SSSR count). The van der Waals surface area contributed by atoms with Gasteiger partial charge in [-0.3, -0.25) is 14.7 Å². The molecule has 1 atom stereocenters. The summed E-state index contributed by atoms with van der Waals surface area (Å²) in [4.78, 5) is 29.5. The number of rotatable bonds is 3. The maximum Gasteiger partial charge on any atom is 0.334 e. The van der Waals surface area contributed by atoms with Gasteiger partial charge in [-0.2, -0.15) is 0 Å². The number of aromatic nitrogens is 2. The molecule has 7 heteroatoms. The molecule has 6 nitrogen and oxygen atoms in total. The van der Waals surface area contributed by atoms with Crippen LogP contribution in [-0.2, 0) is 6.54 Å². The van der Waals surface area contributed by atoms with Crippen molar-refractivity contribution in [3.8, 4) is 5.69 Å². The van der Waals surface area contributed by atoms with Gasteiger partial charge in [0.05, 0.1) is 17.9 Å². The fourth-order valence-corrected chi connectivity index (χ4v) is 3.52. The first kappa shape index (κ1) is 17.6. The minimum Gasteiger partial charge on any atom is -0.358 e. The van der Waals surface area contributed by atoms with Crippen LogP contribution in [0, 0.1) is 0 Å². The molecule has 0 fully saturated rings. The third kappa shape index (κ3) is 3.29. The lowest BCUT2D eigenvalue weighted by atomic mass is 10.1. The highest BCUT2D eigenvalue weighted by Crippen LogP contribution is 2.27. The number of nitrogens with one attached hydrogen (secondary N) is 2. The van der Waals surface area contributed by atoms with Crippen LogP contribution in [0.2, 0.25) is 5.02 Å². The van der Waals surface area contributed by atoms with E-state index in [2.05, 4.69) is 34.3 Å². The number of halogens is 1. The van der Waals surface area contributed by atoms with Crippen molar-refractivity contribution in [1.82, 2.24) is 14.5 Å². The van der Waals surface area contributed by atoms with Crippen LogP contribution in [0.3, 0.4) is 0 Å². The molecule has 2 heterocycles. The number of anilines is 1. The van der Waals surface area contributed by atoms with Gasteiger partial charge in [-0.1, -0.05) is 41.9 Å². The predicted octanol–water partition coefficient (Wildman–Crippen LogP) is 3.13. The summed E-state index contributed by atoms with van der Waals surface area (Å²) in [5, 5.41) is 3.85. The molecule has 1 aromatic heterocycles. The second kappa shape index (κ2) is 7.06. The van der Waals surface area contributed by atoms with Crippen LogP contribution >= 0.6 is 11.6 Å². The van der Waals surface area contributed by atoms with Crippen LogP contribution < -0.4 is 16.6 Å². The largest absolute Gasteiger partial charge is 0.358 e. The van der Waals surface area contributed by atoms with Crippen molar-refractivity contribution in [1.29, 1.82) is 0 Å². The Morgan fingerprint density at radius 2 is 1.74 bits per heavy atom. The third-order valence-corrected chi connectivity index (χ3v) is 5.18. The number of fused-ring (bicyclic) bond motifs is 1. The van der Waals surface area contributed by atoms with Crippen molar-refractivity contribution in [2.75, 3.05) is 12.0 Å². The van der Waals surface area contributed by atoms with Crippen molar-refractivity contribution in [2.45, 2.75) is 19.5 Å². The number of hydrogen-bond acceptors (Lipinski definition) is 4. The van der Waals surface area contributed by atoms with E-state index < -0.39 is 5.69 Å². The summed E-state index contributed by atoms with van der Waals surface area (Å²) in [6, 6.07) is 17.2. The lowest BCUT2D eigenvalue weighted by Crippen LogP contribution is -2.43. The molecule has 0 unspecified atom stereocenters. The monoisotopic (exact) mass is 382 g/mol. The summed E-state index contributed by atoms with van der Waals surface area (Å²) in [6.45, 7) is 3.08. The van der Waals surface area contributed by atoms with Crippen LogP contribution in [0.4, 0.5) is 5.82 Å². The predicted molar refractivity (Wildman–Crippen MR) is 107 cm³/mol. The van der Waals surface area contributed by atoms with Crippen molar-refractivity contribution in [3.05, 3.63) is 91.6 Å². The Bertz CT molecular complexity index is 1070. The molecule has 138 valence electrons. The standard InChI is InChI=1S/C20H19ClN4O2/c1-13(14-5-3-2-4-6-14)24-11-17-18(22-12-24)25(20(27)23-19(17)26)16-9-7-15(21)8-10-16/h2-10,13,22H,11-12H2,1H3,(H,23,26,27)/t13-/m0/s1. The maximum atomic E-state index is 12.5. The smallest absolute Gasteiger partial charge is 0.334 e. The van der Waals surface area contributed by atoms with Gasteiger partial charge in [0.25, 0.3) is 5.56 Å². The Kier molecular flexibility index (Phi) is 4.59. The zero-order valence-corrected chi connectivity index (χ0v) is 15.5. The summed E-state index contributed by atoms with van der Waals surface area (Å²) in [5.41, 5.74) is 1.52. The van der Waals surface area contributed by atoms with E-state index in [0.717, 1.165) is 0 Å². The van der Waals surface area contributed by atoms with Crippen molar-refractivity contribution >= 4 is 17.4 Å². The number of aromatic amines is 1. The number of H-pyrrole nitrogens is 1. The maximum absolute atomic E-state index is 12.5. The zero-order chi connectivity index (χ0) is 19.0. The van der Waals surface area contributed by atoms with Crippen LogP contribution in [0.25, 0.3) is 5.69 Å². The molecule has 1 aliphatic heterocycles. The second-order valence-electron chi connectivity index (χ2n) is 6.57. The van der Waals surface area contributed by atoms with Crippen LogP contribution in [0.1, 0.15) is 24.1 Å². The van der Waals surface area contributed by atoms with Gasteiger partial charge in [0, 0.05) is 17.6 Å². The molecule has 0 bridgehead atoms. The van der Waals surface area contributed by atoms with Gasteiger partial charge >= 0.3 is 5.69 Å². The Balaban J connectivity index is 1.74. The van der Waals surface area contributed by atoms with Crippen LogP contribution in [-0.4, -0.2) is 21.1 Å². The van der Waals surface area contributed by atoms with E-state index in [4.69, 9.17) is 11.6 Å². The minimum absolute atomic E-state index is 0.127. The van der Waals surface area contributed by atoms with Crippen LogP contribution in [0.5, 0.6) is 0 Å². The van der Waals surface area contributed by atoms with E-state index >= 15 is 0 Å². The lowest BCUT2D eigenvalue weighted by molar-refractivity contribution is 0.207.